The van der Waals surface area contributed by atoms with E-state index >= 15 is 0 Å². The molecule has 0 spiro atoms. The summed E-state index contributed by atoms with van der Waals surface area (Å²) in [5.74, 6) is 0. The highest BCUT2D eigenvalue weighted by Crippen LogP contribution is 2.29. The Bertz CT molecular complexity index is 1230. The fourth-order valence-corrected chi connectivity index (χ4v) is 3.85. The molecule has 2 aliphatic rings. The first-order valence-corrected chi connectivity index (χ1v) is 9.52. The number of rotatable bonds is 2. The van der Waals surface area contributed by atoms with Gasteiger partial charge in [-0.2, -0.15) is 8.42 Å². The summed E-state index contributed by atoms with van der Waals surface area (Å²) in [5, 5.41) is 0.648. The second-order valence-corrected chi connectivity index (χ2v) is 7.80. The van der Waals surface area contributed by atoms with Gasteiger partial charge >= 0.3 is 0 Å². The van der Waals surface area contributed by atoms with E-state index in [1.165, 1.54) is 12.3 Å². The predicted octanol–water partition coefficient (Wildman–Crippen LogP) is 3.28. The zero-order valence-electron chi connectivity index (χ0n) is 12.7. The van der Waals surface area contributed by atoms with Crippen molar-refractivity contribution < 1.29 is 13.0 Å². The number of nitrogens with zero attached hydrogens (tertiary/aromatic N) is 3. The molecule has 0 atom stereocenters. The predicted molar refractivity (Wildman–Crippen MR) is 95.5 cm³/mol. The van der Waals surface area contributed by atoms with Crippen LogP contribution in [0.3, 0.4) is 0 Å². The zero-order valence-corrected chi connectivity index (χ0v) is 14.3. The zero-order chi connectivity index (χ0) is 17.4. The van der Waals surface area contributed by atoms with Crippen molar-refractivity contribution in [1.29, 1.82) is 0 Å². The van der Waals surface area contributed by atoms with Crippen LogP contribution < -0.4 is 5.36 Å². The fraction of sp³-hybridized carbons (Fsp3) is 0. The minimum absolute atomic E-state index is 0.287. The third-order valence-corrected chi connectivity index (χ3v) is 5.46. The molecule has 0 saturated carbocycles. The molecule has 6 nitrogen and oxygen atoms in total. The van der Waals surface area contributed by atoms with E-state index in [1.54, 1.807) is 17.4 Å². The Labute approximate surface area is 147 Å². The lowest BCUT2D eigenvalue weighted by molar-refractivity contribution is 0.483. The van der Waals surface area contributed by atoms with Crippen LogP contribution in [-0.2, 0) is 10.1 Å². The summed E-state index contributed by atoms with van der Waals surface area (Å²) in [6, 6.07) is 14.7. The number of aromatic nitrogens is 2. The highest BCUT2D eigenvalue weighted by molar-refractivity contribution is 7.85. The van der Waals surface area contributed by atoms with Crippen molar-refractivity contribution in [3.05, 3.63) is 66.3 Å². The average Bonchev–Trinajstić information content (AvgIpc) is 2.59. The number of benzene rings is 2. The van der Waals surface area contributed by atoms with E-state index < -0.39 is 10.1 Å². The van der Waals surface area contributed by atoms with Crippen molar-refractivity contribution in [1.82, 2.24) is 9.97 Å². The van der Waals surface area contributed by atoms with Gasteiger partial charge in [-0.3, -0.25) is 9.54 Å². The molecule has 0 radical (unpaired) electrons. The van der Waals surface area contributed by atoms with E-state index in [4.69, 9.17) is 4.55 Å². The summed E-state index contributed by atoms with van der Waals surface area (Å²) in [6.07, 6.45) is 2.51. The molecule has 0 saturated heterocycles. The second kappa shape index (κ2) is 5.99. The monoisotopic (exact) mass is 369 g/mol. The maximum absolute atomic E-state index is 11.2. The summed E-state index contributed by atoms with van der Waals surface area (Å²) < 4.78 is 32.6. The Kier molecular flexibility index (Phi) is 3.79. The minimum Gasteiger partial charge on any atom is -0.282 e. The van der Waals surface area contributed by atoms with Gasteiger partial charge in [0.2, 0.25) is 0 Å². The minimum atomic E-state index is -4.31. The lowest BCUT2D eigenvalue weighted by Gasteiger charge is -2.05. The van der Waals surface area contributed by atoms with Crippen molar-refractivity contribution in [2.45, 2.75) is 4.90 Å². The number of pyridine rings is 1. The first-order valence-electron chi connectivity index (χ1n) is 7.26. The molecule has 1 aromatic carbocycles. The van der Waals surface area contributed by atoms with Gasteiger partial charge < -0.3 is 0 Å². The molecular formula is C17H11N3O3S2. The SMILES string of the molecule is O=S(=O)(O)c1cncc(/N=c2\ccc3nc4ccccc4sc-3c2)c1. The number of para-hydroxylation sites is 1. The van der Waals surface area contributed by atoms with Gasteiger partial charge in [0.15, 0.2) is 0 Å². The summed E-state index contributed by atoms with van der Waals surface area (Å²) in [7, 11) is -4.31. The second-order valence-electron chi connectivity index (χ2n) is 5.30. The summed E-state index contributed by atoms with van der Waals surface area (Å²) in [5.41, 5.74) is 2.15. The van der Waals surface area contributed by atoms with Crippen molar-refractivity contribution in [3.8, 4) is 10.6 Å². The standard InChI is InChI=1S/C17H11N3O3S2/c21-25(22,23)13-7-12(9-18-10-13)19-11-5-6-15-17(8-11)24-16-4-2-1-3-14(16)20-15/h1-10H,(H,21,22,23)/b19-11+. The van der Waals surface area contributed by atoms with Gasteiger partial charge in [0, 0.05) is 6.20 Å². The van der Waals surface area contributed by atoms with E-state index in [-0.39, 0.29) is 4.90 Å². The molecule has 1 aliphatic carbocycles. The van der Waals surface area contributed by atoms with Gasteiger partial charge in [-0.15, -0.1) is 11.3 Å². The molecule has 8 heteroatoms. The fourth-order valence-electron chi connectivity index (χ4n) is 2.39. The van der Waals surface area contributed by atoms with Gasteiger partial charge in [-0.05, 0) is 36.4 Å². The highest BCUT2D eigenvalue weighted by atomic mass is 32.2. The number of fused-ring (bicyclic) bond motifs is 2. The molecule has 4 rings (SSSR count). The lowest BCUT2D eigenvalue weighted by atomic mass is 10.2. The van der Waals surface area contributed by atoms with Crippen LogP contribution in [-0.4, -0.2) is 22.9 Å². The topological polar surface area (TPSA) is 92.5 Å². The molecule has 25 heavy (non-hydrogen) atoms. The van der Waals surface area contributed by atoms with Crippen LogP contribution in [0, 0.1) is 0 Å². The third-order valence-electron chi connectivity index (χ3n) is 3.52. The quantitative estimate of drug-likeness (QED) is 0.432. The van der Waals surface area contributed by atoms with E-state index in [1.807, 2.05) is 36.4 Å². The van der Waals surface area contributed by atoms with Crippen LogP contribution >= 0.6 is 11.3 Å². The van der Waals surface area contributed by atoms with Crippen molar-refractivity contribution in [2.24, 2.45) is 4.99 Å². The first kappa shape index (κ1) is 15.8. The first-order chi connectivity index (χ1) is 12.0. The maximum atomic E-state index is 11.2. The molecule has 0 unspecified atom stereocenters. The molecular weight excluding hydrogens is 358 g/mol. The number of hydrogen-bond donors (Lipinski definition) is 1. The molecule has 0 bridgehead atoms. The van der Waals surface area contributed by atoms with Crippen molar-refractivity contribution >= 4 is 37.4 Å². The van der Waals surface area contributed by atoms with Crippen LogP contribution in [0.15, 0.2) is 70.8 Å². The van der Waals surface area contributed by atoms with Gasteiger partial charge in [-0.1, -0.05) is 12.1 Å². The van der Waals surface area contributed by atoms with Crippen LogP contribution in [0.5, 0.6) is 0 Å². The van der Waals surface area contributed by atoms with E-state index in [2.05, 4.69) is 15.0 Å². The summed E-state index contributed by atoms with van der Waals surface area (Å²) in [6.45, 7) is 0. The van der Waals surface area contributed by atoms with Crippen LogP contribution in [0.1, 0.15) is 0 Å². The van der Waals surface area contributed by atoms with Crippen LogP contribution in [0.25, 0.3) is 20.8 Å². The molecule has 0 fully saturated rings. The van der Waals surface area contributed by atoms with E-state index in [9.17, 15) is 8.42 Å². The summed E-state index contributed by atoms with van der Waals surface area (Å²) >= 11 is 1.61. The van der Waals surface area contributed by atoms with E-state index in [0.29, 0.717) is 11.0 Å². The Morgan fingerprint density at radius 1 is 1.04 bits per heavy atom. The molecule has 2 aromatic rings. The van der Waals surface area contributed by atoms with Gasteiger partial charge in [-0.25, -0.2) is 9.98 Å². The summed E-state index contributed by atoms with van der Waals surface area (Å²) in [4.78, 5) is 13.5. The van der Waals surface area contributed by atoms with Crippen molar-refractivity contribution in [3.63, 3.8) is 0 Å². The normalized spacial score (nSPS) is 12.8. The Balaban J connectivity index is 1.86. The third kappa shape index (κ3) is 3.27. The molecule has 1 aromatic heterocycles. The Hall–Kier alpha value is -2.68. The Morgan fingerprint density at radius 3 is 2.72 bits per heavy atom. The largest absolute Gasteiger partial charge is 0.296 e. The van der Waals surface area contributed by atoms with Crippen LogP contribution in [0.2, 0.25) is 0 Å². The number of hydrogen-bond acceptors (Lipinski definition) is 6. The molecule has 0 amide bonds. The Morgan fingerprint density at radius 2 is 1.88 bits per heavy atom. The molecule has 124 valence electrons. The van der Waals surface area contributed by atoms with Gasteiger partial charge in [0.25, 0.3) is 10.1 Å². The van der Waals surface area contributed by atoms with Gasteiger partial charge in [0.05, 0.1) is 38.0 Å². The van der Waals surface area contributed by atoms with Crippen LogP contribution in [0.4, 0.5) is 5.69 Å². The van der Waals surface area contributed by atoms with E-state index in [0.717, 1.165) is 27.0 Å². The molecule has 1 N–H and O–H groups in total. The lowest BCUT2D eigenvalue weighted by Crippen LogP contribution is -2.02. The maximum Gasteiger partial charge on any atom is 0.296 e. The highest BCUT2D eigenvalue weighted by Gasteiger charge is 2.10. The van der Waals surface area contributed by atoms with Gasteiger partial charge in [0.1, 0.15) is 4.90 Å². The molecule has 1 aliphatic heterocycles. The molecule has 2 heterocycles. The smallest absolute Gasteiger partial charge is 0.282 e. The van der Waals surface area contributed by atoms with Crippen molar-refractivity contribution in [2.75, 3.05) is 0 Å². The average molecular weight is 369 g/mol.